The van der Waals surface area contributed by atoms with Gasteiger partial charge in [0, 0.05) is 18.0 Å². The van der Waals surface area contributed by atoms with E-state index in [1.165, 1.54) is 19.3 Å². The van der Waals surface area contributed by atoms with E-state index in [1.54, 1.807) is 11.9 Å². The Kier molecular flexibility index (Phi) is 4.26. The van der Waals surface area contributed by atoms with Crippen molar-refractivity contribution >= 4 is 5.91 Å². The molecular weight excluding hydrogens is 180 g/mol. The van der Waals surface area contributed by atoms with E-state index in [0.29, 0.717) is 6.04 Å². The second-order valence-corrected chi connectivity index (χ2v) is 3.69. The van der Waals surface area contributed by atoms with E-state index in [2.05, 4.69) is 10.0 Å². The van der Waals surface area contributed by atoms with Crippen LogP contribution in [0.3, 0.4) is 0 Å². The second kappa shape index (κ2) is 5.50. The largest absolute Gasteiger partial charge is 0.343 e. The minimum atomic E-state index is -0.0744. The first-order valence-electron chi connectivity index (χ1n) is 5.02. The summed E-state index contributed by atoms with van der Waals surface area (Å²) in [6.45, 7) is -0.0521. The lowest BCUT2D eigenvalue weighted by molar-refractivity contribution is -0.130. The summed E-state index contributed by atoms with van der Waals surface area (Å²) in [5, 5.41) is 3.28. The Morgan fingerprint density at radius 2 is 2.14 bits per heavy atom. The second-order valence-electron chi connectivity index (χ2n) is 3.69. The highest BCUT2D eigenvalue weighted by molar-refractivity contribution is 5.78. The maximum atomic E-state index is 11.5. The number of likely N-dealkylation sites (N-methyl/N-ethyl adjacent to an activating group) is 1. The molecule has 0 aromatic carbocycles. The van der Waals surface area contributed by atoms with Crippen molar-refractivity contribution in [3.05, 3.63) is 10.4 Å². The van der Waals surface area contributed by atoms with Crippen LogP contribution >= 0.6 is 0 Å². The molecule has 1 fully saturated rings. The van der Waals surface area contributed by atoms with Gasteiger partial charge >= 0.3 is 0 Å². The van der Waals surface area contributed by atoms with Crippen molar-refractivity contribution in [3.8, 4) is 0 Å². The van der Waals surface area contributed by atoms with Crippen LogP contribution in [0.2, 0.25) is 0 Å². The summed E-state index contributed by atoms with van der Waals surface area (Å²) < 4.78 is 0. The maximum absolute atomic E-state index is 11.5. The van der Waals surface area contributed by atoms with Crippen LogP contribution in [0.1, 0.15) is 32.1 Å². The lowest BCUT2D eigenvalue weighted by atomic mass is 9.94. The number of rotatable bonds is 3. The molecule has 0 N–H and O–H groups in total. The zero-order chi connectivity index (χ0) is 10.4. The van der Waals surface area contributed by atoms with Gasteiger partial charge in [0.1, 0.15) is 6.54 Å². The molecule has 0 spiro atoms. The van der Waals surface area contributed by atoms with Crippen LogP contribution in [0.4, 0.5) is 0 Å². The van der Waals surface area contributed by atoms with Gasteiger partial charge in [0.15, 0.2) is 0 Å². The van der Waals surface area contributed by atoms with E-state index < -0.39 is 0 Å². The van der Waals surface area contributed by atoms with Crippen LogP contribution in [0.25, 0.3) is 10.4 Å². The highest BCUT2D eigenvalue weighted by Crippen LogP contribution is 2.21. The van der Waals surface area contributed by atoms with E-state index in [4.69, 9.17) is 5.53 Å². The van der Waals surface area contributed by atoms with Crippen LogP contribution in [-0.2, 0) is 4.79 Å². The van der Waals surface area contributed by atoms with E-state index in [-0.39, 0.29) is 12.5 Å². The van der Waals surface area contributed by atoms with E-state index in [9.17, 15) is 4.79 Å². The fourth-order valence-electron chi connectivity index (χ4n) is 1.88. The summed E-state index contributed by atoms with van der Waals surface area (Å²) in [7, 11) is 1.80. The summed E-state index contributed by atoms with van der Waals surface area (Å²) in [5.74, 6) is -0.0744. The number of carbonyl (C=O) groups is 1. The third-order valence-electron chi connectivity index (χ3n) is 2.79. The molecule has 0 aromatic heterocycles. The predicted molar refractivity (Wildman–Crippen MR) is 53.7 cm³/mol. The Bertz CT molecular complexity index is 241. The molecule has 0 aliphatic heterocycles. The van der Waals surface area contributed by atoms with Gasteiger partial charge < -0.3 is 4.90 Å². The summed E-state index contributed by atoms with van der Waals surface area (Å²) in [5.41, 5.74) is 8.09. The van der Waals surface area contributed by atoms with Gasteiger partial charge in [0.05, 0.1) is 0 Å². The molecule has 0 unspecified atom stereocenters. The number of hydrogen-bond acceptors (Lipinski definition) is 2. The summed E-state index contributed by atoms with van der Waals surface area (Å²) in [6.07, 6.45) is 5.83. The van der Waals surface area contributed by atoms with Crippen molar-refractivity contribution in [2.24, 2.45) is 5.11 Å². The van der Waals surface area contributed by atoms with Crippen molar-refractivity contribution < 1.29 is 4.79 Å². The molecule has 0 radical (unpaired) electrons. The number of hydrogen-bond donors (Lipinski definition) is 0. The van der Waals surface area contributed by atoms with Crippen molar-refractivity contribution in [1.29, 1.82) is 0 Å². The predicted octanol–water partition coefficient (Wildman–Crippen LogP) is 2.09. The third kappa shape index (κ3) is 2.92. The van der Waals surface area contributed by atoms with Gasteiger partial charge in [-0.15, -0.1) is 0 Å². The SMILES string of the molecule is CN(C(=O)CN=[N+]=[N-])C1CCCCC1. The summed E-state index contributed by atoms with van der Waals surface area (Å²) >= 11 is 0. The molecule has 1 aliphatic rings. The molecule has 78 valence electrons. The standard InChI is InChI=1S/C9H16N4O/c1-13(9(14)7-11-12-10)8-5-3-2-4-6-8/h8H,2-7H2,1H3. The molecule has 1 amide bonds. The Balaban J connectivity index is 2.41. The summed E-state index contributed by atoms with van der Waals surface area (Å²) in [6, 6.07) is 0.352. The third-order valence-corrected chi connectivity index (χ3v) is 2.79. The number of carbonyl (C=O) groups excluding carboxylic acids is 1. The van der Waals surface area contributed by atoms with Gasteiger partial charge in [0.25, 0.3) is 0 Å². The first kappa shape index (κ1) is 10.9. The fourth-order valence-corrected chi connectivity index (χ4v) is 1.88. The smallest absolute Gasteiger partial charge is 0.228 e. The molecule has 5 nitrogen and oxygen atoms in total. The van der Waals surface area contributed by atoms with Crippen molar-refractivity contribution in [2.45, 2.75) is 38.1 Å². The van der Waals surface area contributed by atoms with Crippen LogP contribution in [0.15, 0.2) is 5.11 Å². The van der Waals surface area contributed by atoms with E-state index >= 15 is 0 Å². The average molecular weight is 196 g/mol. The normalized spacial score (nSPS) is 17.2. The highest BCUT2D eigenvalue weighted by atomic mass is 16.2. The first-order chi connectivity index (χ1) is 6.75. The average Bonchev–Trinajstić information content (AvgIpc) is 2.26. The molecule has 1 rings (SSSR count). The van der Waals surface area contributed by atoms with Gasteiger partial charge in [-0.25, -0.2) is 0 Å². The van der Waals surface area contributed by atoms with Gasteiger partial charge in [-0.1, -0.05) is 24.4 Å². The zero-order valence-corrected chi connectivity index (χ0v) is 8.52. The minimum absolute atomic E-state index is 0.0521. The molecule has 0 bridgehead atoms. The lowest BCUT2D eigenvalue weighted by Crippen LogP contribution is -2.39. The van der Waals surface area contributed by atoms with Gasteiger partial charge in [0.2, 0.25) is 5.91 Å². The summed E-state index contributed by atoms with van der Waals surface area (Å²) in [4.78, 5) is 15.8. The number of amides is 1. The molecule has 5 heteroatoms. The highest BCUT2D eigenvalue weighted by Gasteiger charge is 2.20. The van der Waals surface area contributed by atoms with Gasteiger partial charge in [-0.05, 0) is 18.4 Å². The van der Waals surface area contributed by atoms with E-state index in [1.807, 2.05) is 0 Å². The molecule has 0 atom stereocenters. The molecule has 1 aliphatic carbocycles. The first-order valence-corrected chi connectivity index (χ1v) is 5.02. The molecule has 14 heavy (non-hydrogen) atoms. The Hall–Kier alpha value is -1.22. The van der Waals surface area contributed by atoms with Crippen LogP contribution < -0.4 is 0 Å². The van der Waals surface area contributed by atoms with Gasteiger partial charge in [-0.3, -0.25) is 4.79 Å². The molecule has 0 heterocycles. The van der Waals surface area contributed by atoms with Crippen LogP contribution in [0, 0.1) is 0 Å². The maximum Gasteiger partial charge on any atom is 0.228 e. The van der Waals surface area contributed by atoms with Gasteiger partial charge in [-0.2, -0.15) is 0 Å². The zero-order valence-electron chi connectivity index (χ0n) is 8.52. The molecule has 0 saturated heterocycles. The van der Waals surface area contributed by atoms with Crippen LogP contribution in [-0.4, -0.2) is 30.4 Å². The number of nitrogens with zero attached hydrogens (tertiary/aromatic N) is 4. The fraction of sp³-hybridized carbons (Fsp3) is 0.889. The van der Waals surface area contributed by atoms with E-state index in [0.717, 1.165) is 12.8 Å². The monoisotopic (exact) mass is 196 g/mol. The van der Waals surface area contributed by atoms with Crippen molar-refractivity contribution in [1.82, 2.24) is 4.90 Å². The minimum Gasteiger partial charge on any atom is -0.343 e. The topological polar surface area (TPSA) is 69.1 Å². The van der Waals surface area contributed by atoms with Crippen molar-refractivity contribution in [2.75, 3.05) is 13.6 Å². The Morgan fingerprint density at radius 1 is 1.50 bits per heavy atom. The quantitative estimate of drug-likeness (QED) is 0.387. The van der Waals surface area contributed by atoms with Crippen LogP contribution in [0.5, 0.6) is 0 Å². The lowest BCUT2D eigenvalue weighted by Gasteiger charge is -2.30. The molecular formula is C9H16N4O. The molecule has 0 aromatic rings. The number of azide groups is 1. The Morgan fingerprint density at radius 3 is 2.71 bits per heavy atom. The van der Waals surface area contributed by atoms with Crippen molar-refractivity contribution in [3.63, 3.8) is 0 Å². The molecule has 1 saturated carbocycles. The Labute approximate surface area is 83.7 Å².